The minimum absolute atomic E-state index is 0. The van der Waals surface area contributed by atoms with Gasteiger partial charge in [0.25, 0.3) is 5.09 Å². The van der Waals surface area contributed by atoms with Crippen molar-refractivity contribution in [2.75, 3.05) is 6.26 Å². The quantitative estimate of drug-likeness (QED) is 0.150. The number of carbonyl (C=O) groups is 1. The van der Waals surface area contributed by atoms with Gasteiger partial charge in [-0.3, -0.25) is 9.78 Å². The molecular formula is C27H24ClFN2O6S. The van der Waals surface area contributed by atoms with Gasteiger partial charge in [0, 0.05) is 6.20 Å². The fourth-order valence-electron chi connectivity index (χ4n) is 4.07. The number of aromatic nitrogens is 1. The number of ether oxygens (including phenoxy) is 1. The molecule has 1 heterocycles. The third-order valence-corrected chi connectivity index (χ3v) is 6.89. The second kappa shape index (κ2) is 12.2. The first-order chi connectivity index (χ1) is 17.6. The van der Waals surface area contributed by atoms with Crippen LogP contribution in [0.4, 0.5) is 4.39 Å². The zero-order valence-corrected chi connectivity index (χ0v) is 22.4. The molecule has 3 aromatic rings. The van der Waals surface area contributed by atoms with Crippen LogP contribution in [0.2, 0.25) is 0 Å². The van der Waals surface area contributed by atoms with Gasteiger partial charge in [-0.15, -0.1) is 22.5 Å². The van der Waals surface area contributed by atoms with Crippen LogP contribution in [-0.2, 0) is 27.4 Å². The number of rotatable bonds is 8. The summed E-state index contributed by atoms with van der Waals surface area (Å²) >= 11 is -1.09. The highest BCUT2D eigenvalue weighted by molar-refractivity contribution is 7.90. The number of fused-ring (bicyclic) bond motifs is 1. The molecular weight excluding hydrogens is 535 g/mol. The summed E-state index contributed by atoms with van der Waals surface area (Å²) in [5, 5.41) is 9.55. The summed E-state index contributed by atoms with van der Waals surface area (Å²) in [6.07, 6.45) is 4.84. The van der Waals surface area contributed by atoms with Gasteiger partial charge in [0.2, 0.25) is 0 Å². The van der Waals surface area contributed by atoms with E-state index in [1.807, 2.05) is 25.1 Å². The maximum atomic E-state index is 14.2. The number of pyridine rings is 1. The zero-order chi connectivity index (χ0) is 26.7. The molecule has 0 amide bonds. The standard InChI is InChI=1S/C27H23FN2O6S.ClH/c1-16-23(10-18-4-7-21(8-5-18)37(3)34)22-9-6-20(28)12-25(22)24(16)13-27(31)36-26-11-19(14-29-17(26)2)15-35-30(32)33;/h4-12,14H,13,15H2,1-3H3;1H. The van der Waals surface area contributed by atoms with Crippen molar-refractivity contribution in [1.82, 2.24) is 4.98 Å². The predicted molar refractivity (Wildman–Crippen MR) is 144 cm³/mol. The van der Waals surface area contributed by atoms with Gasteiger partial charge in [-0.25, -0.2) is 4.39 Å². The molecule has 1 atom stereocenters. The van der Waals surface area contributed by atoms with Crippen LogP contribution in [0.15, 0.2) is 65.2 Å². The molecule has 198 valence electrons. The normalized spacial score (nSPS) is 14.1. The van der Waals surface area contributed by atoms with Gasteiger partial charge in [-0.2, -0.15) is 0 Å². The number of halogens is 2. The van der Waals surface area contributed by atoms with Crippen LogP contribution in [0.25, 0.3) is 17.2 Å². The van der Waals surface area contributed by atoms with E-state index in [1.165, 1.54) is 24.4 Å². The number of esters is 1. The lowest BCUT2D eigenvalue weighted by Gasteiger charge is -2.10. The topological polar surface area (TPSA) is 115 Å². The first-order valence-electron chi connectivity index (χ1n) is 11.2. The fourth-order valence-corrected chi connectivity index (χ4v) is 4.59. The summed E-state index contributed by atoms with van der Waals surface area (Å²) in [7, 11) is 0. The maximum absolute atomic E-state index is 14.2. The molecule has 1 unspecified atom stereocenters. The van der Waals surface area contributed by atoms with Crippen LogP contribution >= 0.6 is 12.4 Å². The van der Waals surface area contributed by atoms with Crippen LogP contribution in [0.3, 0.4) is 0 Å². The van der Waals surface area contributed by atoms with Gasteiger partial charge in [-0.05, 0) is 113 Å². The van der Waals surface area contributed by atoms with Crippen LogP contribution < -0.4 is 4.74 Å². The van der Waals surface area contributed by atoms with Gasteiger partial charge >= 0.3 is 5.97 Å². The van der Waals surface area contributed by atoms with Gasteiger partial charge < -0.3 is 14.1 Å². The Morgan fingerprint density at radius 3 is 2.50 bits per heavy atom. The van der Waals surface area contributed by atoms with E-state index in [1.54, 1.807) is 31.4 Å². The van der Waals surface area contributed by atoms with Crippen LogP contribution in [0.1, 0.15) is 41.3 Å². The van der Waals surface area contributed by atoms with Crippen molar-refractivity contribution in [2.45, 2.75) is 31.8 Å². The molecule has 0 spiro atoms. The molecule has 0 bridgehead atoms. The fraction of sp³-hybridized carbons (Fsp3) is 0.185. The molecule has 8 nitrogen and oxygen atoms in total. The smallest absolute Gasteiger partial charge is 0.315 e. The van der Waals surface area contributed by atoms with Gasteiger partial charge in [-0.1, -0.05) is 6.07 Å². The molecule has 1 aliphatic carbocycles. The van der Waals surface area contributed by atoms with Gasteiger partial charge in [0.1, 0.15) is 18.7 Å². The Balaban J connectivity index is 0.00000400. The lowest BCUT2D eigenvalue weighted by molar-refractivity contribution is -0.763. The lowest BCUT2D eigenvalue weighted by Crippen LogP contribution is -2.11. The third-order valence-electron chi connectivity index (χ3n) is 5.96. The molecule has 4 rings (SSSR count). The summed E-state index contributed by atoms with van der Waals surface area (Å²) < 4.78 is 31.4. The third kappa shape index (κ3) is 6.58. The van der Waals surface area contributed by atoms with E-state index in [2.05, 4.69) is 9.82 Å². The Kier molecular flexibility index (Phi) is 9.26. The minimum Gasteiger partial charge on any atom is -0.612 e. The van der Waals surface area contributed by atoms with E-state index in [0.717, 1.165) is 22.3 Å². The summed E-state index contributed by atoms with van der Waals surface area (Å²) in [5.74, 6) is -0.848. The molecule has 1 aromatic heterocycles. The van der Waals surface area contributed by atoms with Crippen LogP contribution in [-0.4, -0.2) is 26.8 Å². The number of hydrogen-bond donors (Lipinski definition) is 0. The van der Waals surface area contributed by atoms with Crippen LogP contribution in [0.5, 0.6) is 5.75 Å². The van der Waals surface area contributed by atoms with Crippen LogP contribution in [0, 0.1) is 22.9 Å². The molecule has 0 saturated heterocycles. The van der Waals surface area contributed by atoms with Gasteiger partial charge in [0.15, 0.2) is 10.6 Å². The Labute approximate surface area is 227 Å². The van der Waals surface area contributed by atoms with E-state index >= 15 is 0 Å². The number of carbonyl (C=O) groups excluding carboxylic acids is 1. The van der Waals surface area contributed by atoms with Crippen molar-refractivity contribution in [3.63, 3.8) is 0 Å². The Morgan fingerprint density at radius 1 is 1.13 bits per heavy atom. The average molecular weight is 559 g/mol. The Bertz CT molecular complexity index is 1440. The SMILES string of the molecule is CC1=C(CC(=O)Oc2cc(CO[N+](=O)[O-])cnc2C)c2cc(F)ccc2C1=Cc1ccc([S+](C)[O-])cc1.Cl. The summed E-state index contributed by atoms with van der Waals surface area (Å²) in [5.41, 5.74) is 5.37. The number of benzene rings is 2. The molecule has 1 aliphatic rings. The highest BCUT2D eigenvalue weighted by Crippen LogP contribution is 2.44. The molecule has 38 heavy (non-hydrogen) atoms. The lowest BCUT2D eigenvalue weighted by atomic mass is 10.0. The molecule has 0 radical (unpaired) electrons. The number of aryl methyl sites for hydroxylation is 1. The number of nitrogens with zero attached hydrogens (tertiary/aromatic N) is 2. The summed E-state index contributed by atoms with van der Waals surface area (Å²) in [6, 6.07) is 13.2. The number of allylic oxidation sites excluding steroid dienone is 2. The molecule has 0 N–H and O–H groups in total. The van der Waals surface area contributed by atoms with Crippen molar-refractivity contribution in [1.29, 1.82) is 0 Å². The first-order valence-corrected chi connectivity index (χ1v) is 12.8. The van der Waals surface area contributed by atoms with E-state index < -0.39 is 28.0 Å². The van der Waals surface area contributed by atoms with E-state index in [-0.39, 0.29) is 31.2 Å². The van der Waals surface area contributed by atoms with E-state index in [4.69, 9.17) is 4.74 Å². The zero-order valence-electron chi connectivity index (χ0n) is 20.7. The molecule has 0 aliphatic heterocycles. The molecule has 0 fully saturated rings. The minimum atomic E-state index is -1.09. The Morgan fingerprint density at radius 2 is 1.84 bits per heavy atom. The summed E-state index contributed by atoms with van der Waals surface area (Å²) in [4.78, 5) is 32.6. The van der Waals surface area contributed by atoms with E-state index in [9.17, 15) is 23.9 Å². The molecule has 11 heteroatoms. The molecule has 2 aromatic carbocycles. The second-order valence-electron chi connectivity index (χ2n) is 8.45. The highest BCUT2D eigenvalue weighted by Gasteiger charge is 2.26. The van der Waals surface area contributed by atoms with Crippen molar-refractivity contribution < 1.29 is 28.4 Å². The average Bonchev–Trinajstić information content (AvgIpc) is 3.09. The summed E-state index contributed by atoms with van der Waals surface area (Å²) in [6.45, 7) is 3.18. The van der Waals surface area contributed by atoms with Crippen molar-refractivity contribution in [3.8, 4) is 5.75 Å². The van der Waals surface area contributed by atoms with E-state index in [0.29, 0.717) is 27.3 Å². The largest absolute Gasteiger partial charge is 0.612 e. The monoisotopic (exact) mass is 558 g/mol. The van der Waals surface area contributed by atoms with Crippen molar-refractivity contribution in [3.05, 3.63) is 104 Å². The van der Waals surface area contributed by atoms with Crippen molar-refractivity contribution in [2.24, 2.45) is 0 Å². The highest BCUT2D eigenvalue weighted by atomic mass is 35.5. The molecule has 0 saturated carbocycles. The van der Waals surface area contributed by atoms with Gasteiger partial charge in [0.05, 0.1) is 12.1 Å². The second-order valence-corrected chi connectivity index (χ2v) is 9.83. The maximum Gasteiger partial charge on any atom is 0.315 e. The predicted octanol–water partition coefficient (Wildman–Crippen LogP) is 5.72. The Hall–Kier alpha value is -3.73. The first kappa shape index (κ1) is 28.8. The number of hydrogen-bond acceptors (Lipinski definition) is 7. The van der Waals surface area contributed by atoms with Crippen molar-refractivity contribution >= 4 is 46.8 Å².